The Morgan fingerprint density at radius 2 is 1.62 bits per heavy atom. The lowest BCUT2D eigenvalue weighted by Crippen LogP contribution is -2.11. The molecule has 1 rings (SSSR count). The Hall–Kier alpha value is 0.990. The molecule has 1 saturated heterocycles. The molecular weight excluding hydrogens is 132 g/mol. The van der Waals surface area contributed by atoms with E-state index in [1.54, 1.807) is 0 Å². The molecule has 1 heterocycles. The topological polar surface area (TPSA) is 0 Å². The van der Waals surface area contributed by atoms with E-state index < -0.39 is 0 Å². The second-order valence-electron chi connectivity index (χ2n) is 2.25. The molecule has 0 bridgehead atoms. The summed E-state index contributed by atoms with van der Waals surface area (Å²) in [5, 5.41) is 0. The van der Waals surface area contributed by atoms with Crippen molar-refractivity contribution in [3.8, 4) is 0 Å². The second-order valence-corrected chi connectivity index (χ2v) is 6.76. The standard InChI is InChI=1S/C4H10B2P2/c1-7-3-5-8(2)6-4-7/h3-4H2,1-2H3. The lowest BCUT2D eigenvalue weighted by Gasteiger charge is -2.21. The van der Waals surface area contributed by atoms with E-state index in [0.29, 0.717) is 7.92 Å². The van der Waals surface area contributed by atoms with Gasteiger partial charge < -0.3 is 0 Å². The summed E-state index contributed by atoms with van der Waals surface area (Å²) in [6.45, 7) is 9.69. The van der Waals surface area contributed by atoms with E-state index in [-0.39, 0.29) is 7.68 Å². The first-order chi connectivity index (χ1) is 3.79. The second kappa shape index (κ2) is 3.23. The first-order valence-electron chi connectivity index (χ1n) is 2.86. The van der Waals surface area contributed by atoms with Crippen LogP contribution in [0, 0.1) is 0 Å². The zero-order chi connectivity index (χ0) is 5.98. The summed E-state index contributed by atoms with van der Waals surface area (Å²) in [6.07, 6.45) is 0. The smallest absolute Gasteiger partial charge is 0.139 e. The van der Waals surface area contributed by atoms with Gasteiger partial charge in [0.1, 0.15) is 14.0 Å². The molecule has 0 unspecified atom stereocenters. The summed E-state index contributed by atoms with van der Waals surface area (Å²) in [5.74, 6) is 0. The molecule has 42 valence electrons. The van der Waals surface area contributed by atoms with Gasteiger partial charge in [0.05, 0.1) is 0 Å². The van der Waals surface area contributed by atoms with Gasteiger partial charge in [0.15, 0.2) is 0 Å². The molecule has 0 amide bonds. The summed E-state index contributed by atoms with van der Waals surface area (Å²) in [4.78, 5) is 0. The van der Waals surface area contributed by atoms with Gasteiger partial charge in [-0.2, -0.15) is 7.68 Å². The van der Waals surface area contributed by atoms with Crippen LogP contribution >= 0.6 is 15.6 Å². The lowest BCUT2D eigenvalue weighted by molar-refractivity contribution is 1.92. The van der Waals surface area contributed by atoms with E-state index in [9.17, 15) is 0 Å². The summed E-state index contributed by atoms with van der Waals surface area (Å²) < 4.78 is 0. The van der Waals surface area contributed by atoms with E-state index in [1.165, 1.54) is 12.1 Å². The third kappa shape index (κ3) is 2.08. The zero-order valence-electron chi connectivity index (χ0n) is 5.46. The van der Waals surface area contributed by atoms with E-state index in [4.69, 9.17) is 0 Å². The molecule has 4 heteroatoms. The van der Waals surface area contributed by atoms with Gasteiger partial charge >= 0.3 is 0 Å². The zero-order valence-corrected chi connectivity index (χ0v) is 7.25. The number of hydrogen-bond donors (Lipinski definition) is 0. The Kier molecular flexibility index (Phi) is 2.87. The van der Waals surface area contributed by atoms with Gasteiger partial charge in [-0.15, -0.1) is 7.92 Å². The molecule has 0 saturated carbocycles. The predicted molar refractivity (Wildman–Crippen MR) is 46.9 cm³/mol. The van der Waals surface area contributed by atoms with Crippen LogP contribution in [0.4, 0.5) is 0 Å². The minimum Gasteiger partial charge on any atom is -0.187 e. The van der Waals surface area contributed by atoms with Crippen molar-refractivity contribution in [3.63, 3.8) is 0 Å². The summed E-state index contributed by atoms with van der Waals surface area (Å²) in [5.41, 5.74) is 0. The molecule has 1 aliphatic heterocycles. The molecule has 1 fully saturated rings. The third-order valence-corrected chi connectivity index (χ3v) is 5.07. The molecule has 0 nitrogen and oxygen atoms in total. The Morgan fingerprint density at radius 3 is 2.00 bits per heavy atom. The van der Waals surface area contributed by atoms with E-state index in [1.807, 2.05) is 0 Å². The van der Waals surface area contributed by atoms with Crippen LogP contribution in [0.25, 0.3) is 0 Å². The molecule has 0 aromatic heterocycles. The Morgan fingerprint density at radius 1 is 1.12 bits per heavy atom. The maximum Gasteiger partial charge on any atom is 0.139 e. The maximum absolute atomic E-state index is 2.49. The van der Waals surface area contributed by atoms with Crippen LogP contribution in [0.2, 0.25) is 0 Å². The summed E-state index contributed by atoms with van der Waals surface area (Å²) in [6, 6.07) is 2.82. The molecule has 0 atom stereocenters. The lowest BCUT2D eigenvalue weighted by atomic mass is 10.1. The molecule has 0 spiro atoms. The van der Waals surface area contributed by atoms with Crippen molar-refractivity contribution in [2.75, 3.05) is 25.5 Å². The summed E-state index contributed by atoms with van der Waals surface area (Å²) >= 11 is 0. The highest BCUT2D eigenvalue weighted by Gasteiger charge is 2.14. The van der Waals surface area contributed by atoms with Crippen molar-refractivity contribution in [1.29, 1.82) is 0 Å². The first kappa shape index (κ1) is 7.10. The highest BCUT2D eigenvalue weighted by Crippen LogP contribution is 2.42. The SMILES string of the molecule is CP1[B]CP(C)C[B]1. The number of hydrogen-bond acceptors (Lipinski definition) is 0. The molecule has 0 aliphatic carbocycles. The van der Waals surface area contributed by atoms with Gasteiger partial charge in [0, 0.05) is 0 Å². The van der Waals surface area contributed by atoms with E-state index in [2.05, 4.69) is 27.3 Å². The maximum atomic E-state index is 2.49. The van der Waals surface area contributed by atoms with Crippen molar-refractivity contribution in [1.82, 2.24) is 0 Å². The van der Waals surface area contributed by atoms with Crippen LogP contribution in [0.5, 0.6) is 0 Å². The van der Waals surface area contributed by atoms with Crippen molar-refractivity contribution in [3.05, 3.63) is 0 Å². The fourth-order valence-electron chi connectivity index (χ4n) is 0.685. The van der Waals surface area contributed by atoms with Gasteiger partial charge in [-0.25, -0.2) is 0 Å². The molecule has 1 aliphatic rings. The average molecular weight is 142 g/mol. The highest BCUT2D eigenvalue weighted by molar-refractivity contribution is 8.09. The van der Waals surface area contributed by atoms with Crippen molar-refractivity contribution in [2.45, 2.75) is 0 Å². The Labute approximate surface area is 55.7 Å². The van der Waals surface area contributed by atoms with Crippen molar-refractivity contribution < 1.29 is 0 Å². The van der Waals surface area contributed by atoms with Crippen LogP contribution in [-0.2, 0) is 0 Å². The molecule has 8 heavy (non-hydrogen) atoms. The van der Waals surface area contributed by atoms with Crippen LogP contribution in [0.3, 0.4) is 0 Å². The Bertz CT molecular complexity index is 60.4. The molecule has 0 aromatic carbocycles. The van der Waals surface area contributed by atoms with Crippen LogP contribution in [0.1, 0.15) is 0 Å². The average Bonchev–Trinajstić information content (AvgIpc) is 1.77. The van der Waals surface area contributed by atoms with E-state index >= 15 is 0 Å². The minimum absolute atomic E-state index is 0.248. The first-order valence-corrected chi connectivity index (χ1v) is 6.95. The van der Waals surface area contributed by atoms with Crippen LogP contribution in [0.15, 0.2) is 0 Å². The van der Waals surface area contributed by atoms with Gasteiger partial charge in [0.2, 0.25) is 0 Å². The fourth-order valence-corrected chi connectivity index (χ4v) is 5.27. The van der Waals surface area contributed by atoms with Crippen molar-refractivity contribution >= 4 is 29.6 Å². The monoisotopic (exact) mass is 142 g/mol. The number of rotatable bonds is 0. The molecule has 0 aromatic rings. The van der Waals surface area contributed by atoms with Gasteiger partial charge in [-0.1, -0.05) is 18.8 Å². The fraction of sp³-hybridized carbons (Fsp3) is 1.00. The quantitative estimate of drug-likeness (QED) is 0.353. The Balaban J connectivity index is 2.19. The van der Waals surface area contributed by atoms with E-state index in [0.717, 1.165) is 0 Å². The highest BCUT2D eigenvalue weighted by atomic mass is 31.1. The minimum atomic E-state index is 0.248. The van der Waals surface area contributed by atoms with Gasteiger partial charge in [-0.05, 0) is 6.66 Å². The largest absolute Gasteiger partial charge is 0.187 e. The van der Waals surface area contributed by atoms with Crippen LogP contribution in [-0.4, -0.2) is 39.5 Å². The molecule has 2 radical (unpaired) electrons. The third-order valence-electron chi connectivity index (χ3n) is 1.36. The van der Waals surface area contributed by atoms with Gasteiger partial charge in [0.25, 0.3) is 0 Å². The predicted octanol–water partition coefficient (Wildman–Crippen LogP) is 1.38. The molecular formula is C4H10B2P2. The summed E-state index contributed by atoms with van der Waals surface area (Å²) in [7, 11) is 0.635. The van der Waals surface area contributed by atoms with Crippen molar-refractivity contribution in [2.24, 2.45) is 0 Å². The molecule has 0 N–H and O–H groups in total. The van der Waals surface area contributed by atoms with Gasteiger partial charge in [-0.3, -0.25) is 0 Å². The van der Waals surface area contributed by atoms with Crippen LogP contribution < -0.4 is 0 Å². The normalized spacial score (nSPS) is 37.8.